The van der Waals surface area contributed by atoms with Crippen LogP contribution < -0.4 is 5.32 Å². The quantitative estimate of drug-likeness (QED) is 0.496. The molecule has 19 heavy (non-hydrogen) atoms. The van der Waals surface area contributed by atoms with Crippen LogP contribution in [0.25, 0.3) is 0 Å². The molecule has 0 fully saturated rings. The summed E-state index contributed by atoms with van der Waals surface area (Å²) in [5.74, 6) is -2.56. The van der Waals surface area contributed by atoms with Crippen LogP contribution in [-0.4, -0.2) is 41.1 Å². The van der Waals surface area contributed by atoms with E-state index in [9.17, 15) is 24.6 Å². The van der Waals surface area contributed by atoms with Gasteiger partial charge in [-0.3, -0.25) is 9.59 Å². The Labute approximate surface area is 107 Å². The van der Waals surface area contributed by atoms with Crippen LogP contribution in [0.15, 0.2) is 18.2 Å². The van der Waals surface area contributed by atoms with Gasteiger partial charge < -0.3 is 20.3 Å². The monoisotopic (exact) mass is 265 g/mol. The number of nitrogens with one attached hydrogen (secondary N) is 1. The average molecular weight is 265 g/mol. The van der Waals surface area contributed by atoms with E-state index in [0.29, 0.717) is 0 Å². The number of aliphatic hydroxyl groups excluding tert-OH is 2. The molecule has 2 rings (SSSR count). The summed E-state index contributed by atoms with van der Waals surface area (Å²) in [6.45, 7) is 0. The van der Waals surface area contributed by atoms with E-state index < -0.39 is 29.9 Å². The molecular weight excluding hydrogens is 254 g/mol. The van der Waals surface area contributed by atoms with Crippen molar-refractivity contribution in [3.05, 3.63) is 29.3 Å². The molecule has 1 amide bonds. The van der Waals surface area contributed by atoms with Crippen molar-refractivity contribution in [2.45, 2.75) is 12.2 Å². The van der Waals surface area contributed by atoms with Crippen LogP contribution in [0.3, 0.4) is 0 Å². The number of hydrogen-bond acceptors (Lipinski definition) is 6. The molecule has 100 valence electrons. The Morgan fingerprint density at radius 1 is 1.32 bits per heavy atom. The van der Waals surface area contributed by atoms with E-state index in [0.717, 1.165) is 7.11 Å². The average Bonchev–Trinajstić information content (AvgIpc) is 2.72. The second-order valence-corrected chi connectivity index (χ2v) is 3.97. The Morgan fingerprint density at radius 2 is 2.00 bits per heavy atom. The van der Waals surface area contributed by atoms with Gasteiger partial charge in [0.2, 0.25) is 0 Å². The highest BCUT2D eigenvalue weighted by atomic mass is 16.5. The molecule has 7 nitrogen and oxygen atoms in total. The van der Waals surface area contributed by atoms with Crippen molar-refractivity contribution >= 4 is 23.3 Å². The van der Waals surface area contributed by atoms with E-state index in [4.69, 9.17) is 0 Å². The maximum Gasteiger partial charge on any atom is 0.337 e. The zero-order chi connectivity index (χ0) is 14.2. The predicted octanol–water partition coefficient (Wildman–Crippen LogP) is -0.611. The molecule has 0 spiro atoms. The molecule has 0 aliphatic carbocycles. The Hall–Kier alpha value is -2.25. The van der Waals surface area contributed by atoms with Gasteiger partial charge in [0, 0.05) is 5.56 Å². The van der Waals surface area contributed by atoms with Crippen molar-refractivity contribution < 1.29 is 29.3 Å². The van der Waals surface area contributed by atoms with E-state index in [1.54, 1.807) is 0 Å². The molecule has 2 unspecified atom stereocenters. The van der Waals surface area contributed by atoms with Crippen LogP contribution >= 0.6 is 0 Å². The number of ketones is 1. The number of carbonyl (C=O) groups excluding carboxylic acids is 3. The van der Waals surface area contributed by atoms with E-state index in [2.05, 4.69) is 10.1 Å². The van der Waals surface area contributed by atoms with Crippen LogP contribution in [0.1, 0.15) is 22.0 Å². The molecule has 0 bridgehead atoms. The van der Waals surface area contributed by atoms with Crippen LogP contribution in [0.2, 0.25) is 0 Å². The second-order valence-electron chi connectivity index (χ2n) is 3.97. The van der Waals surface area contributed by atoms with E-state index >= 15 is 0 Å². The number of carbonyl (C=O) groups is 3. The van der Waals surface area contributed by atoms with Gasteiger partial charge in [0.15, 0.2) is 6.10 Å². The first-order valence-electron chi connectivity index (χ1n) is 5.40. The number of anilines is 1. The molecule has 1 aromatic carbocycles. The first kappa shape index (κ1) is 13.2. The van der Waals surface area contributed by atoms with Gasteiger partial charge in [-0.25, -0.2) is 4.79 Å². The standard InChI is InChI=1S/C12H11NO6/c1-19-12(18)10(16)8(14)5-3-2-4-6-7(5)13-11(17)9(6)15/h2-4,8,10,14,16H,1H3,(H,13,15,17). The summed E-state index contributed by atoms with van der Waals surface area (Å²) in [6.07, 6.45) is -3.40. The third-order valence-corrected chi connectivity index (χ3v) is 2.85. The molecule has 0 aromatic heterocycles. The van der Waals surface area contributed by atoms with E-state index in [-0.39, 0.29) is 16.8 Å². The SMILES string of the molecule is COC(=O)C(O)C(O)c1cccc2c1NC(=O)C2=O. The smallest absolute Gasteiger partial charge is 0.337 e. The third-order valence-electron chi connectivity index (χ3n) is 2.85. The topological polar surface area (TPSA) is 113 Å². The molecule has 1 aliphatic heterocycles. The fourth-order valence-electron chi connectivity index (χ4n) is 1.86. The molecule has 7 heteroatoms. The van der Waals surface area contributed by atoms with Crippen molar-refractivity contribution in [2.24, 2.45) is 0 Å². The molecule has 1 aromatic rings. The number of hydrogen-bond donors (Lipinski definition) is 3. The molecule has 0 radical (unpaired) electrons. The summed E-state index contributed by atoms with van der Waals surface area (Å²) in [5.41, 5.74) is 0.279. The molecule has 0 saturated carbocycles. The molecule has 1 heterocycles. The number of ether oxygens (including phenoxy) is 1. The highest BCUT2D eigenvalue weighted by Gasteiger charge is 2.35. The minimum atomic E-state index is -1.80. The Bertz CT molecular complexity index is 567. The number of Topliss-reactive ketones (excluding diaryl/α,β-unsaturated/α-hetero) is 1. The van der Waals surface area contributed by atoms with Gasteiger partial charge in [-0.1, -0.05) is 12.1 Å². The van der Waals surface area contributed by atoms with Gasteiger partial charge in [0.05, 0.1) is 18.4 Å². The number of para-hydroxylation sites is 1. The highest BCUT2D eigenvalue weighted by Crippen LogP contribution is 2.32. The zero-order valence-electron chi connectivity index (χ0n) is 9.91. The van der Waals surface area contributed by atoms with Gasteiger partial charge >= 0.3 is 5.97 Å². The summed E-state index contributed by atoms with van der Waals surface area (Å²) in [6, 6.07) is 4.25. The largest absolute Gasteiger partial charge is 0.467 e. The van der Waals surface area contributed by atoms with Crippen LogP contribution in [-0.2, 0) is 14.3 Å². The maximum absolute atomic E-state index is 11.5. The number of benzene rings is 1. The Balaban J connectivity index is 2.40. The number of aliphatic hydroxyl groups is 2. The summed E-state index contributed by atoms with van der Waals surface area (Å²) in [7, 11) is 1.07. The highest BCUT2D eigenvalue weighted by molar-refractivity contribution is 6.51. The molecular formula is C12H11NO6. The lowest BCUT2D eigenvalue weighted by Gasteiger charge is -2.18. The van der Waals surface area contributed by atoms with Crippen molar-refractivity contribution in [3.8, 4) is 0 Å². The summed E-state index contributed by atoms with van der Waals surface area (Å²) in [4.78, 5) is 33.9. The van der Waals surface area contributed by atoms with Crippen molar-refractivity contribution in [1.29, 1.82) is 0 Å². The summed E-state index contributed by atoms with van der Waals surface area (Å²) < 4.78 is 4.31. The Morgan fingerprint density at radius 3 is 2.63 bits per heavy atom. The first-order chi connectivity index (χ1) is 8.97. The minimum Gasteiger partial charge on any atom is -0.467 e. The predicted molar refractivity (Wildman–Crippen MR) is 62.4 cm³/mol. The lowest BCUT2D eigenvalue weighted by atomic mass is 9.99. The van der Waals surface area contributed by atoms with Gasteiger partial charge in [-0.2, -0.15) is 0 Å². The minimum absolute atomic E-state index is 0.0783. The van der Waals surface area contributed by atoms with Crippen molar-refractivity contribution in [3.63, 3.8) is 0 Å². The normalized spacial score (nSPS) is 16.6. The third kappa shape index (κ3) is 2.09. The van der Waals surface area contributed by atoms with Gasteiger partial charge in [-0.05, 0) is 6.07 Å². The zero-order valence-corrected chi connectivity index (χ0v) is 9.91. The summed E-state index contributed by atoms with van der Waals surface area (Å²) in [5, 5.41) is 21.8. The molecule has 1 aliphatic rings. The lowest BCUT2D eigenvalue weighted by molar-refractivity contribution is -0.156. The number of rotatable bonds is 3. The summed E-state index contributed by atoms with van der Waals surface area (Å²) >= 11 is 0. The van der Waals surface area contributed by atoms with Crippen LogP contribution in [0.4, 0.5) is 5.69 Å². The van der Waals surface area contributed by atoms with Crippen molar-refractivity contribution in [2.75, 3.05) is 12.4 Å². The van der Waals surface area contributed by atoms with Crippen LogP contribution in [0.5, 0.6) is 0 Å². The second kappa shape index (κ2) is 4.79. The number of fused-ring (bicyclic) bond motifs is 1. The molecule has 0 saturated heterocycles. The van der Waals surface area contributed by atoms with Gasteiger partial charge in [0.25, 0.3) is 11.7 Å². The number of methoxy groups -OCH3 is 1. The van der Waals surface area contributed by atoms with Crippen LogP contribution in [0, 0.1) is 0 Å². The molecule has 3 N–H and O–H groups in total. The fourth-order valence-corrected chi connectivity index (χ4v) is 1.86. The van der Waals surface area contributed by atoms with Gasteiger partial charge in [0.1, 0.15) is 6.10 Å². The Kier molecular flexibility index (Phi) is 3.32. The van der Waals surface area contributed by atoms with Gasteiger partial charge in [-0.15, -0.1) is 0 Å². The molecule has 2 atom stereocenters. The first-order valence-corrected chi connectivity index (χ1v) is 5.40. The number of esters is 1. The lowest BCUT2D eigenvalue weighted by Crippen LogP contribution is -2.29. The van der Waals surface area contributed by atoms with E-state index in [1.165, 1.54) is 18.2 Å². The fraction of sp³-hybridized carbons (Fsp3) is 0.250. The maximum atomic E-state index is 11.5. The van der Waals surface area contributed by atoms with Crippen molar-refractivity contribution in [1.82, 2.24) is 0 Å². The number of amides is 1. The van der Waals surface area contributed by atoms with E-state index in [1.807, 2.05) is 0 Å².